The molecule has 2 rings (SSSR count). The summed E-state index contributed by atoms with van der Waals surface area (Å²) in [6.45, 7) is 2.91. The van der Waals surface area contributed by atoms with E-state index < -0.39 is 0 Å². The van der Waals surface area contributed by atoms with Crippen LogP contribution < -0.4 is 0 Å². The number of methoxy groups -OCH3 is 1. The van der Waals surface area contributed by atoms with E-state index in [1.807, 2.05) is 0 Å². The predicted molar refractivity (Wildman–Crippen MR) is 47.9 cm³/mol. The molecule has 1 heterocycles. The van der Waals surface area contributed by atoms with Crippen LogP contribution in [0, 0.1) is 12.0 Å². The second-order valence-corrected chi connectivity index (χ2v) is 3.81. The first kappa shape index (κ1) is 9.44. The van der Waals surface area contributed by atoms with Gasteiger partial charge in [-0.15, -0.1) is 0 Å². The van der Waals surface area contributed by atoms with Gasteiger partial charge in [-0.05, 0) is 25.2 Å². The third kappa shape index (κ3) is 1.87. The molecule has 75 valence electrons. The molecule has 1 aliphatic carbocycles. The van der Waals surface area contributed by atoms with Crippen LogP contribution in [0.15, 0.2) is 0 Å². The van der Waals surface area contributed by atoms with Crippen LogP contribution >= 0.6 is 0 Å². The Kier molecular flexibility index (Phi) is 2.86. The minimum atomic E-state index is 0.0171. The lowest BCUT2D eigenvalue weighted by Gasteiger charge is -2.12. The Balaban J connectivity index is 1.82. The van der Waals surface area contributed by atoms with Crippen molar-refractivity contribution < 1.29 is 14.2 Å². The Hall–Kier alpha value is -0.120. The fourth-order valence-electron chi connectivity index (χ4n) is 2.11. The zero-order valence-corrected chi connectivity index (χ0v) is 8.29. The van der Waals surface area contributed by atoms with Crippen LogP contribution in [0.25, 0.3) is 0 Å². The largest absolute Gasteiger partial charge is 0.384 e. The van der Waals surface area contributed by atoms with Crippen molar-refractivity contribution in [2.24, 2.45) is 5.92 Å². The summed E-state index contributed by atoms with van der Waals surface area (Å²) in [5.41, 5.74) is 0. The molecule has 3 atom stereocenters. The van der Waals surface area contributed by atoms with Crippen molar-refractivity contribution in [3.63, 3.8) is 0 Å². The zero-order chi connectivity index (χ0) is 9.26. The Morgan fingerprint density at radius 1 is 1.54 bits per heavy atom. The average Bonchev–Trinajstić information content (AvgIpc) is 2.61. The van der Waals surface area contributed by atoms with Gasteiger partial charge in [-0.1, -0.05) is 6.92 Å². The molecule has 0 N–H and O–H groups in total. The van der Waals surface area contributed by atoms with Gasteiger partial charge in [0, 0.05) is 13.7 Å². The number of rotatable bonds is 3. The van der Waals surface area contributed by atoms with Gasteiger partial charge in [0.1, 0.15) is 6.10 Å². The minimum Gasteiger partial charge on any atom is -0.384 e. The molecule has 0 amide bonds. The summed E-state index contributed by atoms with van der Waals surface area (Å²) in [6, 6.07) is 0. The highest BCUT2D eigenvalue weighted by Crippen LogP contribution is 2.42. The molecule has 3 nitrogen and oxygen atoms in total. The Bertz CT molecular complexity index is 158. The Morgan fingerprint density at radius 2 is 2.38 bits per heavy atom. The molecule has 0 bridgehead atoms. The van der Waals surface area contributed by atoms with Crippen molar-refractivity contribution >= 4 is 0 Å². The van der Waals surface area contributed by atoms with Crippen LogP contribution in [0.4, 0.5) is 0 Å². The molecule has 0 aromatic rings. The van der Waals surface area contributed by atoms with Crippen LogP contribution in [-0.2, 0) is 14.2 Å². The molecule has 2 aliphatic rings. The normalized spacial score (nSPS) is 39.7. The van der Waals surface area contributed by atoms with Crippen LogP contribution in [0.3, 0.4) is 0 Å². The standard InChI is InChI=1S/C10H17O3/c1-3-10-12-8-4-7(6-11-2)5-9(8)13-10/h7-8,10H,3-6H2,1-2H3. The Labute approximate surface area is 79.4 Å². The highest BCUT2D eigenvalue weighted by Gasteiger charge is 2.44. The maximum Gasteiger partial charge on any atom is 0.158 e. The summed E-state index contributed by atoms with van der Waals surface area (Å²) in [5.74, 6) is 0.600. The van der Waals surface area contributed by atoms with E-state index in [4.69, 9.17) is 14.2 Å². The fourth-order valence-corrected chi connectivity index (χ4v) is 2.11. The van der Waals surface area contributed by atoms with Crippen molar-refractivity contribution in [3.05, 3.63) is 6.10 Å². The topological polar surface area (TPSA) is 27.7 Å². The number of ether oxygens (including phenoxy) is 3. The zero-order valence-electron chi connectivity index (χ0n) is 8.29. The maximum atomic E-state index is 5.70. The van der Waals surface area contributed by atoms with Crippen LogP contribution in [0.2, 0.25) is 0 Å². The van der Waals surface area contributed by atoms with E-state index in [1.54, 1.807) is 7.11 Å². The fraction of sp³-hybridized carbons (Fsp3) is 0.900. The summed E-state index contributed by atoms with van der Waals surface area (Å²) in [7, 11) is 1.75. The summed E-state index contributed by atoms with van der Waals surface area (Å²) < 4.78 is 16.5. The van der Waals surface area contributed by atoms with Crippen molar-refractivity contribution in [1.29, 1.82) is 0 Å². The van der Waals surface area contributed by atoms with Gasteiger partial charge >= 0.3 is 0 Å². The molecule has 1 saturated heterocycles. The second kappa shape index (κ2) is 3.95. The molecule has 13 heavy (non-hydrogen) atoms. The highest BCUT2D eigenvalue weighted by molar-refractivity contribution is 5.02. The smallest absolute Gasteiger partial charge is 0.158 e. The monoisotopic (exact) mass is 185 g/mol. The average molecular weight is 185 g/mol. The number of fused-ring (bicyclic) bond motifs is 1. The minimum absolute atomic E-state index is 0.0171. The van der Waals surface area contributed by atoms with Crippen LogP contribution in [0.5, 0.6) is 0 Å². The molecule has 0 spiro atoms. The van der Waals surface area contributed by atoms with Crippen molar-refractivity contribution in [2.75, 3.05) is 13.7 Å². The van der Waals surface area contributed by atoms with Gasteiger partial charge in [0.25, 0.3) is 0 Å². The number of hydrogen-bond donors (Lipinski definition) is 0. The van der Waals surface area contributed by atoms with E-state index in [9.17, 15) is 0 Å². The van der Waals surface area contributed by atoms with Gasteiger partial charge in [-0.2, -0.15) is 0 Å². The molecule has 1 radical (unpaired) electrons. The van der Waals surface area contributed by atoms with Gasteiger partial charge in [0.05, 0.1) is 6.10 Å². The first-order chi connectivity index (χ1) is 6.33. The number of hydrogen-bond acceptors (Lipinski definition) is 3. The molecular formula is C10H17O3. The summed E-state index contributed by atoms with van der Waals surface area (Å²) in [6.07, 6.45) is 4.45. The predicted octanol–water partition coefficient (Wildman–Crippen LogP) is 1.73. The second-order valence-electron chi connectivity index (χ2n) is 3.81. The van der Waals surface area contributed by atoms with Crippen LogP contribution in [0.1, 0.15) is 26.2 Å². The third-order valence-electron chi connectivity index (χ3n) is 2.73. The highest BCUT2D eigenvalue weighted by atomic mass is 16.7. The lowest BCUT2D eigenvalue weighted by Crippen LogP contribution is -2.13. The van der Waals surface area contributed by atoms with Gasteiger partial charge < -0.3 is 14.2 Å². The molecule has 2 fully saturated rings. The van der Waals surface area contributed by atoms with E-state index in [0.717, 1.165) is 32.0 Å². The SMILES string of the molecule is CCC1O[C]2CC(COC)CC2O1. The summed E-state index contributed by atoms with van der Waals surface area (Å²) in [4.78, 5) is 0. The Morgan fingerprint density at radius 3 is 3.00 bits per heavy atom. The van der Waals surface area contributed by atoms with Gasteiger partial charge in [-0.3, -0.25) is 0 Å². The molecular weight excluding hydrogens is 168 g/mol. The van der Waals surface area contributed by atoms with Crippen molar-refractivity contribution in [1.82, 2.24) is 0 Å². The van der Waals surface area contributed by atoms with Gasteiger partial charge in [0.2, 0.25) is 0 Å². The first-order valence-corrected chi connectivity index (χ1v) is 5.00. The molecule has 0 aromatic heterocycles. The molecule has 1 aliphatic heterocycles. The van der Waals surface area contributed by atoms with Gasteiger partial charge in [-0.25, -0.2) is 0 Å². The quantitative estimate of drug-likeness (QED) is 0.670. The van der Waals surface area contributed by atoms with E-state index >= 15 is 0 Å². The molecule has 0 aromatic carbocycles. The van der Waals surface area contributed by atoms with E-state index in [2.05, 4.69) is 6.92 Å². The lowest BCUT2D eigenvalue weighted by atomic mass is 10.1. The molecule has 3 unspecified atom stereocenters. The summed E-state index contributed by atoms with van der Waals surface area (Å²) >= 11 is 0. The molecule has 1 saturated carbocycles. The van der Waals surface area contributed by atoms with Crippen molar-refractivity contribution in [3.8, 4) is 0 Å². The van der Waals surface area contributed by atoms with Crippen LogP contribution in [-0.4, -0.2) is 26.1 Å². The first-order valence-electron chi connectivity index (χ1n) is 5.00. The van der Waals surface area contributed by atoms with E-state index in [-0.39, 0.29) is 12.4 Å². The van der Waals surface area contributed by atoms with Crippen molar-refractivity contribution in [2.45, 2.75) is 38.6 Å². The van der Waals surface area contributed by atoms with E-state index in [1.165, 1.54) is 0 Å². The van der Waals surface area contributed by atoms with Gasteiger partial charge in [0.15, 0.2) is 6.29 Å². The maximum absolute atomic E-state index is 5.70. The molecule has 3 heteroatoms. The third-order valence-corrected chi connectivity index (χ3v) is 2.73. The lowest BCUT2D eigenvalue weighted by molar-refractivity contribution is -0.0693. The van der Waals surface area contributed by atoms with E-state index in [0.29, 0.717) is 5.92 Å². The summed E-state index contributed by atoms with van der Waals surface area (Å²) in [5, 5.41) is 0.